The molecule has 7 heteroatoms. The molecule has 0 atom stereocenters. The molecule has 0 aliphatic carbocycles. The second kappa shape index (κ2) is 5.69. The van der Waals surface area contributed by atoms with Crippen molar-refractivity contribution in [2.24, 2.45) is 0 Å². The normalized spacial score (nSPS) is 9.53. The number of ether oxygens (including phenoxy) is 1. The number of non-ortho nitro benzene ring substituents is 1. The topological polar surface area (TPSA) is 93.5 Å². The molecule has 1 aromatic rings. The lowest BCUT2D eigenvalue weighted by atomic mass is 10.2. The number of anilines is 2. The van der Waals surface area contributed by atoms with Crippen LogP contribution in [0.1, 0.15) is 0 Å². The number of carbonyl (C=O) groups is 1. The van der Waals surface area contributed by atoms with Gasteiger partial charge in [-0.3, -0.25) is 14.9 Å². The van der Waals surface area contributed by atoms with Crippen LogP contribution in [0.25, 0.3) is 0 Å². The Morgan fingerprint density at radius 1 is 1.41 bits per heavy atom. The Kier molecular flexibility index (Phi) is 4.27. The zero-order valence-electron chi connectivity index (χ0n) is 9.52. The monoisotopic (exact) mass is 239 g/mol. The smallest absolute Gasteiger partial charge is 0.325 e. The molecule has 0 aromatic heterocycles. The summed E-state index contributed by atoms with van der Waals surface area (Å²) in [6.07, 6.45) is 0. The molecule has 0 saturated carbocycles. The number of benzene rings is 1. The summed E-state index contributed by atoms with van der Waals surface area (Å²) in [5.74, 6) is -0.442. The summed E-state index contributed by atoms with van der Waals surface area (Å²) in [5, 5.41) is 16.2. The lowest BCUT2D eigenvalue weighted by molar-refractivity contribution is -0.384. The molecule has 1 rings (SSSR count). The summed E-state index contributed by atoms with van der Waals surface area (Å²) in [7, 11) is 2.93. The molecule has 0 unspecified atom stereocenters. The Hall–Kier alpha value is -2.31. The van der Waals surface area contributed by atoms with Gasteiger partial charge in [0.15, 0.2) is 0 Å². The van der Waals surface area contributed by atoms with Gasteiger partial charge in [0.25, 0.3) is 5.69 Å². The van der Waals surface area contributed by atoms with E-state index in [9.17, 15) is 14.9 Å². The van der Waals surface area contributed by atoms with E-state index < -0.39 is 10.9 Å². The van der Waals surface area contributed by atoms with Crippen LogP contribution in [0.4, 0.5) is 17.1 Å². The van der Waals surface area contributed by atoms with Gasteiger partial charge in [-0.1, -0.05) is 0 Å². The number of nitrogens with zero attached hydrogens (tertiary/aromatic N) is 1. The third-order valence-corrected chi connectivity index (χ3v) is 2.08. The first-order chi connectivity index (χ1) is 8.06. The van der Waals surface area contributed by atoms with E-state index in [1.54, 1.807) is 13.1 Å². The highest BCUT2D eigenvalue weighted by Gasteiger charge is 2.09. The van der Waals surface area contributed by atoms with Gasteiger partial charge in [-0.25, -0.2) is 0 Å². The predicted octanol–water partition coefficient (Wildman–Crippen LogP) is 1.22. The third-order valence-electron chi connectivity index (χ3n) is 2.08. The molecule has 92 valence electrons. The van der Waals surface area contributed by atoms with E-state index in [0.29, 0.717) is 11.4 Å². The molecular formula is C10H13N3O4. The second-order valence-corrected chi connectivity index (χ2v) is 3.21. The molecule has 2 N–H and O–H groups in total. The van der Waals surface area contributed by atoms with Gasteiger partial charge in [0.2, 0.25) is 0 Å². The van der Waals surface area contributed by atoms with E-state index in [4.69, 9.17) is 0 Å². The molecule has 0 aliphatic heterocycles. The lowest BCUT2D eigenvalue weighted by Gasteiger charge is -2.07. The summed E-state index contributed by atoms with van der Waals surface area (Å²) in [6.45, 7) is -0.0409. The average Bonchev–Trinajstić information content (AvgIpc) is 2.35. The summed E-state index contributed by atoms with van der Waals surface area (Å²) >= 11 is 0. The largest absolute Gasteiger partial charge is 0.468 e. The first-order valence-electron chi connectivity index (χ1n) is 4.84. The fourth-order valence-corrected chi connectivity index (χ4v) is 1.21. The van der Waals surface area contributed by atoms with E-state index in [1.165, 1.54) is 19.2 Å². The maximum absolute atomic E-state index is 10.9. The quantitative estimate of drug-likeness (QED) is 0.456. The van der Waals surface area contributed by atoms with Gasteiger partial charge in [-0.2, -0.15) is 0 Å². The summed E-state index contributed by atoms with van der Waals surface area (Å²) in [6, 6.07) is 4.42. The minimum absolute atomic E-state index is 0.0409. The zero-order valence-corrected chi connectivity index (χ0v) is 9.52. The van der Waals surface area contributed by atoms with Gasteiger partial charge in [-0.05, 0) is 6.07 Å². The van der Waals surface area contributed by atoms with Crippen molar-refractivity contribution in [2.75, 3.05) is 31.3 Å². The first kappa shape index (κ1) is 12.8. The number of carbonyl (C=O) groups excluding carboxylic acids is 1. The Balaban J connectivity index is 2.87. The van der Waals surface area contributed by atoms with Gasteiger partial charge in [0, 0.05) is 30.6 Å². The maximum atomic E-state index is 10.9. The molecule has 1 aromatic carbocycles. The Bertz CT molecular complexity index is 434. The number of rotatable bonds is 5. The number of nitrogens with one attached hydrogen (secondary N) is 2. The maximum Gasteiger partial charge on any atom is 0.325 e. The van der Waals surface area contributed by atoms with Crippen molar-refractivity contribution in [1.82, 2.24) is 0 Å². The highest BCUT2D eigenvalue weighted by molar-refractivity contribution is 5.75. The number of esters is 1. The van der Waals surface area contributed by atoms with Crippen LogP contribution in [0.15, 0.2) is 18.2 Å². The molecule has 0 saturated heterocycles. The zero-order chi connectivity index (χ0) is 12.8. The van der Waals surface area contributed by atoms with Crippen LogP contribution in [0.5, 0.6) is 0 Å². The molecular weight excluding hydrogens is 226 g/mol. The number of hydrogen-bond acceptors (Lipinski definition) is 6. The van der Waals surface area contributed by atoms with E-state index >= 15 is 0 Å². The van der Waals surface area contributed by atoms with Crippen molar-refractivity contribution in [3.63, 3.8) is 0 Å². The van der Waals surface area contributed by atoms with Gasteiger partial charge in [0.1, 0.15) is 6.54 Å². The van der Waals surface area contributed by atoms with Crippen molar-refractivity contribution < 1.29 is 14.5 Å². The summed E-state index contributed by atoms with van der Waals surface area (Å²) in [4.78, 5) is 21.1. The van der Waals surface area contributed by atoms with Crippen LogP contribution in [0.2, 0.25) is 0 Å². The molecule has 0 bridgehead atoms. The van der Waals surface area contributed by atoms with Crippen molar-refractivity contribution in [1.29, 1.82) is 0 Å². The highest BCUT2D eigenvalue weighted by Crippen LogP contribution is 2.23. The fraction of sp³-hybridized carbons (Fsp3) is 0.300. The Morgan fingerprint density at radius 2 is 2.06 bits per heavy atom. The molecule has 0 amide bonds. The predicted molar refractivity (Wildman–Crippen MR) is 63.1 cm³/mol. The third kappa shape index (κ3) is 3.63. The van der Waals surface area contributed by atoms with E-state index in [1.807, 2.05) is 0 Å². The van der Waals surface area contributed by atoms with E-state index in [-0.39, 0.29) is 12.2 Å². The van der Waals surface area contributed by atoms with E-state index in [2.05, 4.69) is 15.4 Å². The standard InChI is InChI=1S/C10H13N3O4/c1-11-7-3-8(12-6-10(14)17-2)5-9(4-7)13(15)16/h3-5,11-12H,6H2,1-2H3. The van der Waals surface area contributed by atoms with Crippen molar-refractivity contribution in [2.45, 2.75) is 0 Å². The molecule has 0 radical (unpaired) electrons. The van der Waals surface area contributed by atoms with Crippen LogP contribution < -0.4 is 10.6 Å². The lowest BCUT2D eigenvalue weighted by Crippen LogP contribution is -2.15. The van der Waals surface area contributed by atoms with Gasteiger partial charge < -0.3 is 15.4 Å². The summed E-state index contributed by atoms with van der Waals surface area (Å²) in [5.41, 5.74) is 1.02. The summed E-state index contributed by atoms with van der Waals surface area (Å²) < 4.78 is 4.46. The second-order valence-electron chi connectivity index (χ2n) is 3.21. The molecule has 17 heavy (non-hydrogen) atoms. The SMILES string of the molecule is CNc1cc(NCC(=O)OC)cc([N+](=O)[O-])c1. The Morgan fingerprint density at radius 3 is 2.59 bits per heavy atom. The molecule has 0 fully saturated rings. The minimum Gasteiger partial charge on any atom is -0.468 e. The van der Waals surface area contributed by atoms with Gasteiger partial charge >= 0.3 is 5.97 Å². The van der Waals surface area contributed by atoms with Crippen LogP contribution in [-0.4, -0.2) is 31.6 Å². The van der Waals surface area contributed by atoms with Crippen LogP contribution in [-0.2, 0) is 9.53 Å². The first-order valence-corrected chi connectivity index (χ1v) is 4.84. The molecule has 0 aliphatic rings. The number of nitro benzene ring substituents is 1. The number of nitro groups is 1. The van der Waals surface area contributed by atoms with Crippen molar-refractivity contribution in [3.8, 4) is 0 Å². The van der Waals surface area contributed by atoms with Crippen molar-refractivity contribution >= 4 is 23.0 Å². The van der Waals surface area contributed by atoms with Crippen molar-refractivity contribution in [3.05, 3.63) is 28.3 Å². The van der Waals surface area contributed by atoms with Gasteiger partial charge in [0.05, 0.1) is 12.0 Å². The minimum atomic E-state index is -0.496. The molecule has 0 spiro atoms. The number of hydrogen-bond donors (Lipinski definition) is 2. The van der Waals surface area contributed by atoms with Crippen LogP contribution >= 0.6 is 0 Å². The Labute approximate surface area is 97.9 Å². The van der Waals surface area contributed by atoms with Crippen LogP contribution in [0.3, 0.4) is 0 Å². The number of methoxy groups -OCH3 is 1. The van der Waals surface area contributed by atoms with Gasteiger partial charge in [-0.15, -0.1) is 0 Å². The molecule has 7 nitrogen and oxygen atoms in total. The van der Waals surface area contributed by atoms with E-state index in [0.717, 1.165) is 0 Å². The average molecular weight is 239 g/mol. The van der Waals surface area contributed by atoms with Crippen LogP contribution in [0, 0.1) is 10.1 Å². The highest BCUT2D eigenvalue weighted by atomic mass is 16.6. The fourth-order valence-electron chi connectivity index (χ4n) is 1.21. The molecule has 0 heterocycles.